The number of nitrogens with one attached hydrogen (secondary N) is 1. The summed E-state index contributed by atoms with van der Waals surface area (Å²) in [5, 5.41) is 4.69. The van der Waals surface area contributed by atoms with E-state index in [1.54, 1.807) is 0 Å². The molecule has 0 aliphatic carbocycles. The molecule has 2 nitrogen and oxygen atoms in total. The smallest absolute Gasteiger partial charge is 0.0498 e. The lowest BCUT2D eigenvalue weighted by Crippen LogP contribution is -2.09. The number of aryl methyl sites for hydroxylation is 1. The normalized spacial score (nSPS) is 11.1. The predicted octanol–water partition coefficient (Wildman–Crippen LogP) is 3.00. The van der Waals surface area contributed by atoms with Crippen LogP contribution in [0.1, 0.15) is 13.8 Å². The average Bonchev–Trinajstić information content (AvgIpc) is 2.47. The van der Waals surface area contributed by atoms with E-state index in [2.05, 4.69) is 61.2 Å². The van der Waals surface area contributed by atoms with Gasteiger partial charge < -0.3 is 9.88 Å². The molecule has 1 aromatic carbocycles. The Morgan fingerprint density at radius 3 is 2.71 bits per heavy atom. The van der Waals surface area contributed by atoms with Gasteiger partial charge in [0.05, 0.1) is 0 Å². The summed E-state index contributed by atoms with van der Waals surface area (Å²) in [6.07, 6.45) is 2.09. The second-order valence-corrected chi connectivity index (χ2v) is 4.00. The summed E-state index contributed by atoms with van der Waals surface area (Å²) in [5.74, 6) is 0. The minimum absolute atomic E-state index is 0.479. The van der Waals surface area contributed by atoms with Crippen LogP contribution in [0.25, 0.3) is 10.9 Å². The number of rotatable bonds is 2. The third-order valence-corrected chi connectivity index (χ3v) is 2.34. The SMILES string of the molecule is CC(C)Nc1ccc2ccn(C)c2c1. The number of fused-ring (bicyclic) bond motifs is 1. The molecular weight excluding hydrogens is 172 g/mol. The van der Waals surface area contributed by atoms with Gasteiger partial charge in [-0.05, 0) is 37.4 Å². The molecule has 0 unspecified atom stereocenters. The fraction of sp³-hybridized carbons (Fsp3) is 0.333. The highest BCUT2D eigenvalue weighted by Gasteiger charge is 2.00. The molecule has 0 atom stereocenters. The highest BCUT2D eigenvalue weighted by molar-refractivity contribution is 5.83. The first kappa shape index (κ1) is 9.13. The maximum Gasteiger partial charge on any atom is 0.0498 e. The third-order valence-electron chi connectivity index (χ3n) is 2.34. The number of anilines is 1. The Morgan fingerprint density at radius 1 is 1.21 bits per heavy atom. The molecule has 2 heteroatoms. The zero-order chi connectivity index (χ0) is 10.1. The van der Waals surface area contributed by atoms with Crippen molar-refractivity contribution in [1.29, 1.82) is 0 Å². The van der Waals surface area contributed by atoms with E-state index < -0.39 is 0 Å². The molecule has 0 saturated carbocycles. The van der Waals surface area contributed by atoms with Crippen molar-refractivity contribution in [2.45, 2.75) is 19.9 Å². The molecule has 1 aromatic heterocycles. The fourth-order valence-corrected chi connectivity index (χ4v) is 1.69. The Balaban J connectivity index is 2.44. The van der Waals surface area contributed by atoms with E-state index in [1.165, 1.54) is 16.6 Å². The average molecular weight is 188 g/mol. The molecule has 0 amide bonds. The lowest BCUT2D eigenvalue weighted by atomic mass is 10.2. The van der Waals surface area contributed by atoms with Gasteiger partial charge in [0.1, 0.15) is 0 Å². The summed E-state index contributed by atoms with van der Waals surface area (Å²) in [7, 11) is 2.07. The topological polar surface area (TPSA) is 17.0 Å². The number of benzene rings is 1. The number of hydrogen-bond donors (Lipinski definition) is 1. The van der Waals surface area contributed by atoms with Crippen LogP contribution >= 0.6 is 0 Å². The van der Waals surface area contributed by atoms with E-state index in [0.717, 1.165) is 0 Å². The van der Waals surface area contributed by atoms with Crippen LogP contribution in [0.2, 0.25) is 0 Å². The molecule has 0 bridgehead atoms. The summed E-state index contributed by atoms with van der Waals surface area (Å²) in [4.78, 5) is 0. The van der Waals surface area contributed by atoms with Gasteiger partial charge in [-0.1, -0.05) is 6.07 Å². The van der Waals surface area contributed by atoms with Crippen LogP contribution in [0.5, 0.6) is 0 Å². The Hall–Kier alpha value is -1.44. The van der Waals surface area contributed by atoms with Gasteiger partial charge in [-0.2, -0.15) is 0 Å². The Morgan fingerprint density at radius 2 is 2.00 bits per heavy atom. The van der Waals surface area contributed by atoms with Crippen LogP contribution in [0.3, 0.4) is 0 Å². The van der Waals surface area contributed by atoms with Gasteiger partial charge in [-0.25, -0.2) is 0 Å². The number of nitrogens with zero attached hydrogens (tertiary/aromatic N) is 1. The second kappa shape index (κ2) is 3.37. The largest absolute Gasteiger partial charge is 0.383 e. The van der Waals surface area contributed by atoms with Crippen molar-refractivity contribution in [3.05, 3.63) is 30.5 Å². The molecule has 1 heterocycles. The Kier molecular flexibility index (Phi) is 2.20. The first-order valence-electron chi connectivity index (χ1n) is 4.98. The summed E-state index contributed by atoms with van der Waals surface area (Å²) < 4.78 is 2.14. The van der Waals surface area contributed by atoms with Gasteiger partial charge in [0.15, 0.2) is 0 Å². The van der Waals surface area contributed by atoms with E-state index in [1.807, 2.05) is 0 Å². The fourth-order valence-electron chi connectivity index (χ4n) is 1.69. The molecule has 2 aromatic rings. The maximum atomic E-state index is 3.40. The minimum Gasteiger partial charge on any atom is -0.383 e. The first-order chi connectivity index (χ1) is 6.66. The van der Waals surface area contributed by atoms with E-state index in [-0.39, 0.29) is 0 Å². The van der Waals surface area contributed by atoms with Crippen LogP contribution in [0, 0.1) is 0 Å². The molecule has 0 saturated heterocycles. The second-order valence-electron chi connectivity index (χ2n) is 4.00. The standard InChI is InChI=1S/C12H16N2/c1-9(2)13-11-5-4-10-6-7-14(3)12(10)8-11/h4-9,13H,1-3H3. The zero-order valence-electron chi connectivity index (χ0n) is 8.91. The van der Waals surface area contributed by atoms with Gasteiger partial charge in [-0.15, -0.1) is 0 Å². The molecule has 2 rings (SSSR count). The van der Waals surface area contributed by atoms with Gasteiger partial charge >= 0.3 is 0 Å². The van der Waals surface area contributed by atoms with Crippen molar-refractivity contribution in [2.75, 3.05) is 5.32 Å². The van der Waals surface area contributed by atoms with Gasteiger partial charge in [0.2, 0.25) is 0 Å². The van der Waals surface area contributed by atoms with Gasteiger partial charge in [0, 0.05) is 30.5 Å². The molecule has 0 spiro atoms. The molecular formula is C12H16N2. The van der Waals surface area contributed by atoms with Crippen molar-refractivity contribution in [3.8, 4) is 0 Å². The molecule has 0 aliphatic rings. The first-order valence-corrected chi connectivity index (χ1v) is 4.98. The van der Waals surface area contributed by atoms with Crippen molar-refractivity contribution in [2.24, 2.45) is 7.05 Å². The zero-order valence-corrected chi connectivity index (χ0v) is 8.91. The highest BCUT2D eigenvalue weighted by Crippen LogP contribution is 2.19. The predicted molar refractivity (Wildman–Crippen MR) is 61.7 cm³/mol. The van der Waals surface area contributed by atoms with Crippen molar-refractivity contribution >= 4 is 16.6 Å². The highest BCUT2D eigenvalue weighted by atomic mass is 14.9. The van der Waals surface area contributed by atoms with Crippen LogP contribution in [-0.4, -0.2) is 10.6 Å². The molecule has 0 fully saturated rings. The summed E-state index contributed by atoms with van der Waals surface area (Å²) in [6, 6.07) is 9.08. The monoisotopic (exact) mass is 188 g/mol. The molecule has 0 radical (unpaired) electrons. The third kappa shape index (κ3) is 1.60. The molecule has 14 heavy (non-hydrogen) atoms. The van der Waals surface area contributed by atoms with Crippen LogP contribution in [-0.2, 0) is 7.05 Å². The summed E-state index contributed by atoms with van der Waals surface area (Å²) >= 11 is 0. The van der Waals surface area contributed by atoms with Crippen LogP contribution in [0.15, 0.2) is 30.5 Å². The molecule has 0 aliphatic heterocycles. The van der Waals surface area contributed by atoms with Gasteiger partial charge in [-0.3, -0.25) is 0 Å². The quantitative estimate of drug-likeness (QED) is 0.766. The number of hydrogen-bond acceptors (Lipinski definition) is 1. The van der Waals surface area contributed by atoms with E-state index in [0.29, 0.717) is 6.04 Å². The lowest BCUT2D eigenvalue weighted by molar-refractivity contribution is 0.899. The summed E-state index contributed by atoms with van der Waals surface area (Å²) in [5.41, 5.74) is 2.46. The van der Waals surface area contributed by atoms with Crippen molar-refractivity contribution in [3.63, 3.8) is 0 Å². The van der Waals surface area contributed by atoms with E-state index in [4.69, 9.17) is 0 Å². The van der Waals surface area contributed by atoms with Crippen LogP contribution in [0.4, 0.5) is 5.69 Å². The Labute approximate surface area is 84.5 Å². The van der Waals surface area contributed by atoms with Crippen molar-refractivity contribution < 1.29 is 0 Å². The van der Waals surface area contributed by atoms with E-state index >= 15 is 0 Å². The van der Waals surface area contributed by atoms with Crippen LogP contribution < -0.4 is 5.32 Å². The Bertz CT molecular complexity index is 441. The summed E-state index contributed by atoms with van der Waals surface area (Å²) in [6.45, 7) is 4.30. The molecule has 74 valence electrons. The van der Waals surface area contributed by atoms with E-state index in [9.17, 15) is 0 Å². The molecule has 1 N–H and O–H groups in total. The number of aromatic nitrogens is 1. The van der Waals surface area contributed by atoms with Crippen molar-refractivity contribution in [1.82, 2.24) is 4.57 Å². The van der Waals surface area contributed by atoms with Gasteiger partial charge in [0.25, 0.3) is 0 Å². The lowest BCUT2D eigenvalue weighted by Gasteiger charge is -2.10. The minimum atomic E-state index is 0.479. The maximum absolute atomic E-state index is 3.40.